The molecule has 2 saturated heterocycles. The highest BCUT2D eigenvalue weighted by Gasteiger charge is 2.37. The summed E-state index contributed by atoms with van der Waals surface area (Å²) in [7, 11) is 0. The zero-order chi connectivity index (χ0) is 14.1. The van der Waals surface area contributed by atoms with Crippen LogP contribution in [0, 0.1) is 5.82 Å². The van der Waals surface area contributed by atoms with E-state index >= 15 is 0 Å². The van der Waals surface area contributed by atoms with Crippen molar-refractivity contribution >= 4 is 21.8 Å². The smallest absolute Gasteiger partial charge is 0.254 e. The molecule has 2 fully saturated rings. The number of carbonyl (C=O) groups is 1. The van der Waals surface area contributed by atoms with Crippen molar-refractivity contribution in [2.45, 2.75) is 37.8 Å². The predicted molar refractivity (Wildman–Crippen MR) is 77.1 cm³/mol. The van der Waals surface area contributed by atoms with Gasteiger partial charge in [-0.05, 0) is 59.8 Å². The third-order valence-corrected chi connectivity index (χ3v) is 4.76. The van der Waals surface area contributed by atoms with Crippen molar-refractivity contribution in [2.24, 2.45) is 0 Å². The molecule has 0 N–H and O–H groups in total. The summed E-state index contributed by atoms with van der Waals surface area (Å²) in [5.74, 6) is -0.488. The molecule has 108 valence electrons. The Bertz CT molecular complexity index is 517. The fourth-order valence-electron chi connectivity index (χ4n) is 3.13. The fraction of sp³-hybridized carbons (Fsp3) is 0.533. The Morgan fingerprint density at radius 3 is 2.90 bits per heavy atom. The minimum atomic E-state index is -0.399. The lowest BCUT2D eigenvalue weighted by atomic mass is 10.0. The SMILES string of the molecule is O=C(c1ccc(Br)c(F)c1)N1CCC[C@H]1[C@@H]1CCCO1. The molecule has 20 heavy (non-hydrogen) atoms. The molecule has 0 aliphatic carbocycles. The number of likely N-dealkylation sites (tertiary alicyclic amines) is 1. The molecule has 0 spiro atoms. The molecule has 3 rings (SSSR count). The van der Waals surface area contributed by atoms with Gasteiger partial charge in [0.15, 0.2) is 0 Å². The Morgan fingerprint density at radius 1 is 1.35 bits per heavy atom. The number of amides is 1. The standard InChI is InChI=1S/C15H17BrFNO2/c16-11-6-5-10(9-12(11)17)15(19)18-7-1-3-13(18)14-4-2-8-20-14/h5-6,9,13-14H,1-4,7-8H2/t13-,14-/m0/s1. The van der Waals surface area contributed by atoms with Crippen LogP contribution in [0.2, 0.25) is 0 Å². The molecular weight excluding hydrogens is 325 g/mol. The molecule has 2 aliphatic rings. The van der Waals surface area contributed by atoms with Crippen molar-refractivity contribution in [3.05, 3.63) is 34.1 Å². The second-order valence-corrected chi connectivity index (χ2v) is 6.24. The van der Waals surface area contributed by atoms with Crippen LogP contribution in [0.5, 0.6) is 0 Å². The summed E-state index contributed by atoms with van der Waals surface area (Å²) >= 11 is 3.11. The van der Waals surface area contributed by atoms with Gasteiger partial charge in [-0.1, -0.05) is 0 Å². The van der Waals surface area contributed by atoms with E-state index in [9.17, 15) is 9.18 Å². The van der Waals surface area contributed by atoms with Crippen LogP contribution in [-0.2, 0) is 4.74 Å². The average molecular weight is 342 g/mol. The Balaban J connectivity index is 1.79. The molecule has 1 aromatic carbocycles. The van der Waals surface area contributed by atoms with Gasteiger partial charge >= 0.3 is 0 Å². The van der Waals surface area contributed by atoms with E-state index in [-0.39, 0.29) is 18.1 Å². The van der Waals surface area contributed by atoms with E-state index in [1.807, 2.05) is 4.90 Å². The van der Waals surface area contributed by atoms with Crippen molar-refractivity contribution in [2.75, 3.05) is 13.2 Å². The highest BCUT2D eigenvalue weighted by Crippen LogP contribution is 2.29. The average Bonchev–Trinajstić information content (AvgIpc) is 3.10. The van der Waals surface area contributed by atoms with Crippen LogP contribution in [0.25, 0.3) is 0 Å². The van der Waals surface area contributed by atoms with Crippen molar-refractivity contribution in [1.82, 2.24) is 4.90 Å². The lowest BCUT2D eigenvalue weighted by Gasteiger charge is -2.29. The second-order valence-electron chi connectivity index (χ2n) is 5.39. The first kappa shape index (κ1) is 14.0. The molecule has 2 heterocycles. The van der Waals surface area contributed by atoms with Gasteiger partial charge in [-0.15, -0.1) is 0 Å². The Morgan fingerprint density at radius 2 is 2.20 bits per heavy atom. The van der Waals surface area contributed by atoms with Gasteiger partial charge in [-0.25, -0.2) is 4.39 Å². The minimum absolute atomic E-state index is 0.0885. The summed E-state index contributed by atoms with van der Waals surface area (Å²) in [6.07, 6.45) is 4.21. The van der Waals surface area contributed by atoms with Gasteiger partial charge in [0.2, 0.25) is 0 Å². The van der Waals surface area contributed by atoms with Gasteiger partial charge in [-0.3, -0.25) is 4.79 Å². The van der Waals surface area contributed by atoms with Gasteiger partial charge in [0.1, 0.15) is 5.82 Å². The van der Waals surface area contributed by atoms with Crippen LogP contribution in [-0.4, -0.2) is 36.1 Å². The molecule has 0 bridgehead atoms. The second kappa shape index (κ2) is 5.82. The molecule has 3 nitrogen and oxygen atoms in total. The van der Waals surface area contributed by atoms with Gasteiger partial charge in [0, 0.05) is 18.7 Å². The van der Waals surface area contributed by atoms with Crippen molar-refractivity contribution in [3.8, 4) is 0 Å². The van der Waals surface area contributed by atoms with Gasteiger partial charge in [-0.2, -0.15) is 0 Å². The van der Waals surface area contributed by atoms with E-state index in [2.05, 4.69) is 15.9 Å². The molecule has 1 amide bonds. The number of hydrogen-bond acceptors (Lipinski definition) is 2. The van der Waals surface area contributed by atoms with Gasteiger partial charge < -0.3 is 9.64 Å². The zero-order valence-electron chi connectivity index (χ0n) is 11.1. The third-order valence-electron chi connectivity index (χ3n) is 4.12. The first-order chi connectivity index (χ1) is 9.66. The van der Waals surface area contributed by atoms with E-state index in [1.165, 1.54) is 6.07 Å². The van der Waals surface area contributed by atoms with E-state index in [1.54, 1.807) is 12.1 Å². The highest BCUT2D eigenvalue weighted by atomic mass is 79.9. The summed E-state index contributed by atoms with van der Waals surface area (Å²) in [5.41, 5.74) is 0.413. The molecule has 0 saturated carbocycles. The largest absolute Gasteiger partial charge is 0.376 e. The van der Waals surface area contributed by atoms with E-state index in [0.29, 0.717) is 10.0 Å². The maximum atomic E-state index is 13.6. The van der Waals surface area contributed by atoms with Gasteiger partial charge in [0.25, 0.3) is 5.91 Å². The lowest BCUT2D eigenvalue weighted by Crippen LogP contribution is -2.42. The molecule has 5 heteroatoms. The first-order valence-corrected chi connectivity index (χ1v) is 7.84. The fourth-order valence-corrected chi connectivity index (χ4v) is 3.38. The minimum Gasteiger partial charge on any atom is -0.376 e. The summed E-state index contributed by atoms with van der Waals surface area (Å²) < 4.78 is 19.7. The summed E-state index contributed by atoms with van der Waals surface area (Å²) in [5, 5.41) is 0. The summed E-state index contributed by atoms with van der Waals surface area (Å²) in [6.45, 7) is 1.52. The highest BCUT2D eigenvalue weighted by molar-refractivity contribution is 9.10. The monoisotopic (exact) mass is 341 g/mol. The maximum Gasteiger partial charge on any atom is 0.254 e. The topological polar surface area (TPSA) is 29.5 Å². The Kier molecular flexibility index (Phi) is 4.08. The van der Waals surface area contributed by atoms with Crippen molar-refractivity contribution in [1.29, 1.82) is 0 Å². The molecule has 0 aromatic heterocycles. The number of benzene rings is 1. The lowest BCUT2D eigenvalue weighted by molar-refractivity contribution is 0.0340. The number of nitrogens with zero attached hydrogens (tertiary/aromatic N) is 1. The predicted octanol–water partition coefficient (Wildman–Crippen LogP) is 3.37. The molecule has 2 atom stereocenters. The Labute approximate surface area is 126 Å². The van der Waals surface area contributed by atoms with Crippen molar-refractivity contribution in [3.63, 3.8) is 0 Å². The molecule has 0 radical (unpaired) electrons. The van der Waals surface area contributed by atoms with Gasteiger partial charge in [0.05, 0.1) is 16.6 Å². The van der Waals surface area contributed by atoms with Crippen LogP contribution < -0.4 is 0 Å². The Hall–Kier alpha value is -0.940. The van der Waals surface area contributed by atoms with Crippen LogP contribution in [0.4, 0.5) is 4.39 Å². The van der Waals surface area contributed by atoms with Crippen LogP contribution in [0.1, 0.15) is 36.0 Å². The normalized spacial score (nSPS) is 26.2. The van der Waals surface area contributed by atoms with E-state index in [0.717, 1.165) is 38.8 Å². The molecule has 0 unspecified atom stereocenters. The third kappa shape index (κ3) is 2.61. The molecule has 2 aliphatic heterocycles. The maximum absolute atomic E-state index is 13.6. The number of carbonyl (C=O) groups excluding carboxylic acids is 1. The summed E-state index contributed by atoms with van der Waals surface area (Å²) in [4.78, 5) is 14.4. The molecular formula is C15H17BrFNO2. The van der Waals surface area contributed by atoms with Crippen LogP contribution in [0.3, 0.4) is 0 Å². The first-order valence-electron chi connectivity index (χ1n) is 7.04. The van der Waals surface area contributed by atoms with Crippen LogP contribution >= 0.6 is 15.9 Å². The number of halogens is 2. The molecule has 1 aromatic rings. The number of hydrogen-bond donors (Lipinski definition) is 0. The van der Waals surface area contributed by atoms with E-state index < -0.39 is 5.82 Å². The van der Waals surface area contributed by atoms with Crippen LogP contribution in [0.15, 0.2) is 22.7 Å². The zero-order valence-corrected chi connectivity index (χ0v) is 12.7. The number of rotatable bonds is 2. The quantitative estimate of drug-likeness (QED) is 0.825. The van der Waals surface area contributed by atoms with Crippen molar-refractivity contribution < 1.29 is 13.9 Å². The number of ether oxygens (including phenoxy) is 1. The summed E-state index contributed by atoms with van der Waals surface area (Å²) in [6, 6.07) is 4.70. The van der Waals surface area contributed by atoms with E-state index in [4.69, 9.17) is 4.74 Å².